The molecule has 0 fully saturated rings. The second-order valence-electron chi connectivity index (χ2n) is 5.57. The van der Waals surface area contributed by atoms with Gasteiger partial charge in [0, 0.05) is 19.6 Å². The zero-order valence-corrected chi connectivity index (χ0v) is 16.8. The Morgan fingerprint density at radius 2 is 1.81 bits per heavy atom. The van der Waals surface area contributed by atoms with Crippen LogP contribution in [0.5, 0.6) is 0 Å². The van der Waals surface area contributed by atoms with Crippen LogP contribution < -0.4 is 15.4 Å². The number of rotatable bonds is 9. The SMILES string of the molecule is CCNC(=NCc1ccccc1CC)NCCNS(=O)(=O)c1cccs1. The van der Waals surface area contributed by atoms with Crippen LogP contribution in [0.25, 0.3) is 0 Å². The molecule has 1 aromatic heterocycles. The summed E-state index contributed by atoms with van der Waals surface area (Å²) in [5.41, 5.74) is 2.49. The number of benzene rings is 1. The minimum atomic E-state index is -3.42. The van der Waals surface area contributed by atoms with E-state index < -0.39 is 10.0 Å². The molecule has 0 amide bonds. The highest BCUT2D eigenvalue weighted by Gasteiger charge is 2.13. The Labute approximate surface area is 159 Å². The predicted molar refractivity (Wildman–Crippen MR) is 108 cm³/mol. The van der Waals surface area contributed by atoms with Crippen molar-refractivity contribution >= 4 is 27.3 Å². The maximum atomic E-state index is 12.1. The maximum Gasteiger partial charge on any atom is 0.250 e. The van der Waals surface area contributed by atoms with Crippen molar-refractivity contribution in [3.05, 3.63) is 52.9 Å². The van der Waals surface area contributed by atoms with Crippen LogP contribution in [0.4, 0.5) is 0 Å². The Morgan fingerprint density at radius 1 is 1.04 bits per heavy atom. The number of hydrogen-bond acceptors (Lipinski definition) is 4. The standard InChI is InChI=1S/C18H26N4O2S2/c1-3-15-8-5-6-9-16(15)14-21-18(19-4-2)20-11-12-22-26(23,24)17-10-7-13-25-17/h5-10,13,22H,3-4,11-12,14H2,1-2H3,(H2,19,20,21). The molecular formula is C18H26N4O2S2. The fourth-order valence-corrected chi connectivity index (χ4v) is 4.49. The third kappa shape index (κ3) is 6.12. The number of sulfonamides is 1. The Morgan fingerprint density at radius 3 is 2.46 bits per heavy atom. The van der Waals surface area contributed by atoms with Gasteiger partial charge in [-0.15, -0.1) is 11.3 Å². The molecule has 0 aliphatic heterocycles. The van der Waals surface area contributed by atoms with Gasteiger partial charge in [-0.2, -0.15) is 0 Å². The molecule has 0 bridgehead atoms. The van der Waals surface area contributed by atoms with Gasteiger partial charge >= 0.3 is 0 Å². The lowest BCUT2D eigenvalue weighted by Gasteiger charge is -2.12. The number of guanidine groups is 1. The molecule has 2 rings (SSSR count). The summed E-state index contributed by atoms with van der Waals surface area (Å²) in [4.78, 5) is 4.60. The van der Waals surface area contributed by atoms with Gasteiger partial charge in [-0.25, -0.2) is 18.1 Å². The minimum absolute atomic E-state index is 0.288. The monoisotopic (exact) mass is 394 g/mol. The molecule has 2 aromatic rings. The Balaban J connectivity index is 1.87. The van der Waals surface area contributed by atoms with Gasteiger partial charge in [0.2, 0.25) is 10.0 Å². The van der Waals surface area contributed by atoms with Crippen molar-refractivity contribution < 1.29 is 8.42 Å². The second-order valence-corrected chi connectivity index (χ2v) is 8.52. The number of aryl methyl sites for hydroxylation is 1. The van der Waals surface area contributed by atoms with Crippen LogP contribution in [0.2, 0.25) is 0 Å². The number of aliphatic imine (C=N–C) groups is 1. The first-order valence-corrected chi connectivity index (χ1v) is 11.0. The zero-order valence-electron chi connectivity index (χ0n) is 15.2. The topological polar surface area (TPSA) is 82.6 Å². The van der Waals surface area contributed by atoms with Gasteiger partial charge in [0.15, 0.2) is 5.96 Å². The van der Waals surface area contributed by atoms with E-state index in [0.29, 0.717) is 23.3 Å². The van der Waals surface area contributed by atoms with Gasteiger partial charge in [0.05, 0.1) is 6.54 Å². The van der Waals surface area contributed by atoms with E-state index in [4.69, 9.17) is 0 Å². The van der Waals surface area contributed by atoms with Crippen LogP contribution >= 0.6 is 11.3 Å². The molecule has 6 nitrogen and oxygen atoms in total. The Bertz CT molecular complexity index is 802. The van der Waals surface area contributed by atoms with Crippen molar-refractivity contribution in [2.75, 3.05) is 19.6 Å². The van der Waals surface area contributed by atoms with Crippen LogP contribution in [0.1, 0.15) is 25.0 Å². The first-order chi connectivity index (χ1) is 12.6. The van der Waals surface area contributed by atoms with Crippen molar-refractivity contribution in [3.63, 3.8) is 0 Å². The Hall–Kier alpha value is -1.90. The molecule has 3 N–H and O–H groups in total. The molecule has 0 aliphatic rings. The van der Waals surface area contributed by atoms with E-state index in [0.717, 1.165) is 13.0 Å². The van der Waals surface area contributed by atoms with E-state index >= 15 is 0 Å². The minimum Gasteiger partial charge on any atom is -0.357 e. The number of nitrogens with zero attached hydrogens (tertiary/aromatic N) is 1. The van der Waals surface area contributed by atoms with E-state index in [1.807, 2.05) is 19.1 Å². The van der Waals surface area contributed by atoms with E-state index in [9.17, 15) is 8.42 Å². The molecule has 0 unspecified atom stereocenters. The molecule has 8 heteroatoms. The van der Waals surface area contributed by atoms with Gasteiger partial charge < -0.3 is 10.6 Å². The van der Waals surface area contributed by atoms with Crippen LogP contribution in [0.3, 0.4) is 0 Å². The van der Waals surface area contributed by atoms with Gasteiger partial charge in [0.1, 0.15) is 4.21 Å². The summed E-state index contributed by atoms with van der Waals surface area (Å²) in [6.07, 6.45) is 0.972. The fourth-order valence-electron chi connectivity index (χ4n) is 2.42. The molecule has 142 valence electrons. The number of thiophene rings is 1. The van der Waals surface area contributed by atoms with E-state index in [2.05, 4.69) is 39.4 Å². The molecule has 0 atom stereocenters. The van der Waals surface area contributed by atoms with Crippen LogP contribution in [-0.2, 0) is 23.0 Å². The van der Waals surface area contributed by atoms with E-state index in [1.54, 1.807) is 17.5 Å². The van der Waals surface area contributed by atoms with Crippen molar-refractivity contribution in [1.29, 1.82) is 0 Å². The molecular weight excluding hydrogens is 368 g/mol. The highest BCUT2D eigenvalue weighted by Crippen LogP contribution is 2.14. The summed E-state index contributed by atoms with van der Waals surface area (Å²) >= 11 is 1.20. The summed E-state index contributed by atoms with van der Waals surface area (Å²) in [7, 11) is -3.42. The molecule has 0 aliphatic carbocycles. The summed E-state index contributed by atoms with van der Waals surface area (Å²) in [5.74, 6) is 0.675. The average Bonchev–Trinajstić information content (AvgIpc) is 3.19. The predicted octanol–water partition coefficient (Wildman–Crippen LogP) is 2.34. The van der Waals surface area contributed by atoms with Gasteiger partial charge in [-0.1, -0.05) is 37.3 Å². The summed E-state index contributed by atoms with van der Waals surface area (Å²) in [5, 5.41) is 8.09. The highest BCUT2D eigenvalue weighted by molar-refractivity contribution is 7.91. The summed E-state index contributed by atoms with van der Waals surface area (Å²) in [6.45, 7) is 6.19. The number of nitrogens with one attached hydrogen (secondary N) is 3. The third-order valence-electron chi connectivity index (χ3n) is 3.72. The first kappa shape index (κ1) is 20.4. The maximum absolute atomic E-state index is 12.1. The van der Waals surface area contributed by atoms with Crippen LogP contribution in [-0.4, -0.2) is 34.0 Å². The van der Waals surface area contributed by atoms with Crippen LogP contribution in [0.15, 0.2) is 51.0 Å². The number of hydrogen-bond donors (Lipinski definition) is 3. The smallest absolute Gasteiger partial charge is 0.250 e. The molecule has 26 heavy (non-hydrogen) atoms. The quantitative estimate of drug-likeness (QED) is 0.346. The van der Waals surface area contributed by atoms with Crippen molar-refractivity contribution in [1.82, 2.24) is 15.4 Å². The Kier molecular flexibility index (Phi) is 8.08. The normalized spacial score (nSPS) is 12.2. The van der Waals surface area contributed by atoms with Gasteiger partial charge in [0.25, 0.3) is 0 Å². The zero-order chi connectivity index (χ0) is 18.8. The molecule has 0 spiro atoms. The molecule has 0 radical (unpaired) electrons. The lowest BCUT2D eigenvalue weighted by molar-refractivity contribution is 0.582. The average molecular weight is 395 g/mol. The lowest BCUT2D eigenvalue weighted by Crippen LogP contribution is -2.41. The first-order valence-electron chi connectivity index (χ1n) is 8.69. The van der Waals surface area contributed by atoms with E-state index in [1.165, 1.54) is 22.5 Å². The van der Waals surface area contributed by atoms with Gasteiger partial charge in [-0.05, 0) is 35.9 Å². The van der Waals surface area contributed by atoms with E-state index in [-0.39, 0.29) is 6.54 Å². The largest absolute Gasteiger partial charge is 0.357 e. The summed E-state index contributed by atoms with van der Waals surface area (Å²) < 4.78 is 27.1. The van der Waals surface area contributed by atoms with Crippen LogP contribution in [0, 0.1) is 0 Å². The second kappa shape index (κ2) is 10.3. The molecule has 0 saturated heterocycles. The fraction of sp³-hybridized carbons (Fsp3) is 0.389. The van der Waals surface area contributed by atoms with Crippen molar-refractivity contribution in [2.24, 2.45) is 4.99 Å². The van der Waals surface area contributed by atoms with Gasteiger partial charge in [-0.3, -0.25) is 0 Å². The van der Waals surface area contributed by atoms with Crippen molar-refractivity contribution in [3.8, 4) is 0 Å². The molecule has 1 heterocycles. The molecule has 1 aromatic carbocycles. The lowest BCUT2D eigenvalue weighted by atomic mass is 10.1. The summed E-state index contributed by atoms with van der Waals surface area (Å²) in [6, 6.07) is 11.6. The third-order valence-corrected chi connectivity index (χ3v) is 6.58. The van der Waals surface area contributed by atoms with Crippen molar-refractivity contribution in [2.45, 2.75) is 31.0 Å². The molecule has 0 saturated carbocycles. The highest BCUT2D eigenvalue weighted by atomic mass is 32.2.